The largest absolute Gasteiger partial charge is 0.358 e. The standard InChI is InChI=1S/C24H27FN2/c1-16-14-19(5-4-17(2)18-6-8-20(25)9-7-18)24-22(15-16)21-10-12-27(3)13-11-23(21)26-24/h4,6-9,14-15,26H,5,10-13H2,1-3H3. The van der Waals surface area contributed by atoms with E-state index in [0.717, 1.165) is 37.9 Å². The highest BCUT2D eigenvalue weighted by Crippen LogP contribution is 2.30. The number of likely N-dealkylation sites (N-methyl/N-ethyl adjacent to an activating group) is 1. The lowest BCUT2D eigenvalue weighted by molar-refractivity contribution is 0.352. The predicted octanol–water partition coefficient (Wildman–Crippen LogP) is 5.29. The van der Waals surface area contributed by atoms with Crippen LogP contribution < -0.4 is 0 Å². The fourth-order valence-corrected chi connectivity index (χ4v) is 4.11. The first-order valence-electron chi connectivity index (χ1n) is 9.75. The minimum absolute atomic E-state index is 0.189. The fraction of sp³-hybridized carbons (Fsp3) is 0.333. The van der Waals surface area contributed by atoms with Crippen LogP contribution in [0.2, 0.25) is 0 Å². The quantitative estimate of drug-likeness (QED) is 0.670. The molecule has 27 heavy (non-hydrogen) atoms. The molecule has 2 nitrogen and oxygen atoms in total. The van der Waals surface area contributed by atoms with Gasteiger partial charge in [0.05, 0.1) is 0 Å². The zero-order chi connectivity index (χ0) is 19.0. The highest BCUT2D eigenvalue weighted by Gasteiger charge is 2.18. The summed E-state index contributed by atoms with van der Waals surface area (Å²) >= 11 is 0. The molecule has 0 atom stereocenters. The minimum atomic E-state index is -0.189. The zero-order valence-corrected chi connectivity index (χ0v) is 16.4. The van der Waals surface area contributed by atoms with Crippen LogP contribution in [0.3, 0.4) is 0 Å². The molecule has 0 amide bonds. The summed E-state index contributed by atoms with van der Waals surface area (Å²) in [6.07, 6.45) is 5.32. The Kier molecular flexibility index (Phi) is 4.88. The number of aromatic amines is 1. The van der Waals surface area contributed by atoms with Crippen molar-refractivity contribution in [3.63, 3.8) is 0 Å². The molecule has 0 bridgehead atoms. The number of rotatable bonds is 3. The van der Waals surface area contributed by atoms with Crippen molar-refractivity contribution in [3.05, 3.63) is 76.2 Å². The van der Waals surface area contributed by atoms with Gasteiger partial charge in [-0.2, -0.15) is 0 Å². The SMILES string of the molecule is CC(=CCc1cc(C)cc2c3c([nH]c12)CCN(C)CC3)c1ccc(F)cc1. The van der Waals surface area contributed by atoms with Crippen molar-refractivity contribution >= 4 is 16.5 Å². The molecule has 0 radical (unpaired) electrons. The van der Waals surface area contributed by atoms with Crippen molar-refractivity contribution in [3.8, 4) is 0 Å². The predicted molar refractivity (Wildman–Crippen MR) is 112 cm³/mol. The number of allylic oxidation sites excluding steroid dienone is 2. The van der Waals surface area contributed by atoms with Crippen LogP contribution in [0, 0.1) is 12.7 Å². The molecule has 0 spiro atoms. The Morgan fingerprint density at radius 3 is 2.67 bits per heavy atom. The maximum absolute atomic E-state index is 13.2. The number of fused-ring (bicyclic) bond motifs is 3. The first kappa shape index (κ1) is 18.0. The van der Waals surface area contributed by atoms with Gasteiger partial charge in [-0.1, -0.05) is 29.8 Å². The average Bonchev–Trinajstić information content (AvgIpc) is 2.89. The number of hydrogen-bond donors (Lipinski definition) is 1. The number of benzene rings is 2. The van der Waals surface area contributed by atoms with Crippen LogP contribution in [0.15, 0.2) is 42.5 Å². The van der Waals surface area contributed by atoms with E-state index in [4.69, 9.17) is 0 Å². The number of aryl methyl sites for hydroxylation is 1. The molecule has 0 saturated heterocycles. The van der Waals surface area contributed by atoms with Gasteiger partial charge in [-0.3, -0.25) is 0 Å². The van der Waals surface area contributed by atoms with E-state index in [1.807, 2.05) is 12.1 Å². The Labute approximate surface area is 160 Å². The summed E-state index contributed by atoms with van der Waals surface area (Å²) in [7, 11) is 2.20. The van der Waals surface area contributed by atoms with Gasteiger partial charge in [0.1, 0.15) is 5.82 Å². The van der Waals surface area contributed by atoms with E-state index in [2.05, 4.69) is 49.0 Å². The Hall–Kier alpha value is -2.39. The Balaban J connectivity index is 1.69. The highest BCUT2D eigenvalue weighted by molar-refractivity contribution is 5.88. The van der Waals surface area contributed by atoms with Crippen LogP contribution in [-0.2, 0) is 19.3 Å². The maximum atomic E-state index is 13.2. The second kappa shape index (κ2) is 7.32. The van der Waals surface area contributed by atoms with E-state index >= 15 is 0 Å². The number of nitrogens with one attached hydrogen (secondary N) is 1. The molecule has 0 saturated carbocycles. The van der Waals surface area contributed by atoms with Gasteiger partial charge in [0.25, 0.3) is 0 Å². The molecule has 2 heterocycles. The van der Waals surface area contributed by atoms with Gasteiger partial charge in [0.2, 0.25) is 0 Å². The van der Waals surface area contributed by atoms with Crippen molar-refractivity contribution in [1.29, 1.82) is 0 Å². The lowest BCUT2D eigenvalue weighted by atomic mass is 9.99. The Bertz CT molecular complexity index is 995. The molecular weight excluding hydrogens is 335 g/mol. The highest BCUT2D eigenvalue weighted by atomic mass is 19.1. The van der Waals surface area contributed by atoms with Crippen LogP contribution in [0.1, 0.15) is 34.9 Å². The van der Waals surface area contributed by atoms with Gasteiger partial charge in [-0.15, -0.1) is 0 Å². The van der Waals surface area contributed by atoms with Crippen molar-refractivity contribution in [1.82, 2.24) is 9.88 Å². The van der Waals surface area contributed by atoms with Crippen molar-refractivity contribution in [2.24, 2.45) is 0 Å². The molecule has 1 aliphatic heterocycles. The van der Waals surface area contributed by atoms with Crippen LogP contribution >= 0.6 is 0 Å². The fourth-order valence-electron chi connectivity index (χ4n) is 4.11. The summed E-state index contributed by atoms with van der Waals surface area (Å²) in [6.45, 7) is 6.51. The van der Waals surface area contributed by atoms with Gasteiger partial charge >= 0.3 is 0 Å². The second-order valence-corrected chi connectivity index (χ2v) is 7.83. The van der Waals surface area contributed by atoms with E-state index in [0.29, 0.717) is 0 Å². The molecular formula is C24H27FN2. The molecule has 1 aliphatic rings. The van der Waals surface area contributed by atoms with Gasteiger partial charge in [0.15, 0.2) is 0 Å². The van der Waals surface area contributed by atoms with Gasteiger partial charge in [-0.25, -0.2) is 4.39 Å². The average molecular weight is 362 g/mol. The molecule has 3 aromatic rings. The smallest absolute Gasteiger partial charge is 0.123 e. The second-order valence-electron chi connectivity index (χ2n) is 7.83. The molecule has 140 valence electrons. The van der Waals surface area contributed by atoms with Crippen LogP contribution in [-0.4, -0.2) is 30.0 Å². The van der Waals surface area contributed by atoms with Crippen molar-refractivity contribution < 1.29 is 4.39 Å². The van der Waals surface area contributed by atoms with Gasteiger partial charge < -0.3 is 9.88 Å². The number of H-pyrrole nitrogens is 1. The first-order valence-corrected chi connectivity index (χ1v) is 9.75. The van der Waals surface area contributed by atoms with Gasteiger partial charge in [0, 0.05) is 36.1 Å². The number of nitrogens with zero attached hydrogens (tertiary/aromatic N) is 1. The van der Waals surface area contributed by atoms with E-state index in [1.54, 1.807) is 0 Å². The van der Waals surface area contributed by atoms with Crippen LogP contribution in [0.25, 0.3) is 16.5 Å². The summed E-state index contributed by atoms with van der Waals surface area (Å²) in [5, 5.41) is 1.39. The molecule has 1 aromatic heterocycles. The summed E-state index contributed by atoms with van der Waals surface area (Å²) in [4.78, 5) is 6.15. The minimum Gasteiger partial charge on any atom is -0.358 e. The lowest BCUT2D eigenvalue weighted by Crippen LogP contribution is -2.21. The van der Waals surface area contributed by atoms with Crippen molar-refractivity contribution in [2.75, 3.05) is 20.1 Å². The molecule has 1 N–H and O–H groups in total. The Morgan fingerprint density at radius 1 is 1.15 bits per heavy atom. The summed E-state index contributed by atoms with van der Waals surface area (Å²) in [5.41, 5.74) is 9.10. The number of hydrogen-bond acceptors (Lipinski definition) is 1. The summed E-state index contributed by atoms with van der Waals surface area (Å²) < 4.78 is 13.2. The van der Waals surface area contributed by atoms with Crippen LogP contribution in [0.5, 0.6) is 0 Å². The Morgan fingerprint density at radius 2 is 1.89 bits per heavy atom. The normalized spacial score (nSPS) is 15.8. The topological polar surface area (TPSA) is 19.0 Å². The molecule has 4 rings (SSSR count). The van der Waals surface area contributed by atoms with E-state index in [1.165, 1.54) is 51.0 Å². The lowest BCUT2D eigenvalue weighted by Gasteiger charge is -2.12. The van der Waals surface area contributed by atoms with Crippen LogP contribution in [0.4, 0.5) is 4.39 Å². The molecule has 0 unspecified atom stereocenters. The maximum Gasteiger partial charge on any atom is 0.123 e. The third-order valence-corrected chi connectivity index (χ3v) is 5.74. The molecule has 2 aromatic carbocycles. The van der Waals surface area contributed by atoms with E-state index in [9.17, 15) is 4.39 Å². The number of halogens is 1. The zero-order valence-electron chi connectivity index (χ0n) is 16.4. The third-order valence-electron chi connectivity index (χ3n) is 5.74. The van der Waals surface area contributed by atoms with E-state index < -0.39 is 0 Å². The molecule has 0 fully saturated rings. The van der Waals surface area contributed by atoms with E-state index in [-0.39, 0.29) is 5.82 Å². The monoisotopic (exact) mass is 362 g/mol. The molecule has 0 aliphatic carbocycles. The number of aromatic nitrogens is 1. The third kappa shape index (κ3) is 3.70. The molecule has 3 heteroatoms. The van der Waals surface area contributed by atoms with Crippen molar-refractivity contribution in [2.45, 2.75) is 33.1 Å². The van der Waals surface area contributed by atoms with Gasteiger partial charge in [-0.05, 0) is 74.2 Å². The first-order chi connectivity index (χ1) is 13.0. The summed E-state index contributed by atoms with van der Waals surface area (Å²) in [6, 6.07) is 11.4. The summed E-state index contributed by atoms with van der Waals surface area (Å²) in [5.74, 6) is -0.189.